The van der Waals surface area contributed by atoms with Gasteiger partial charge in [0.15, 0.2) is 0 Å². The third-order valence-electron chi connectivity index (χ3n) is 4.17. The van der Waals surface area contributed by atoms with E-state index in [0.717, 1.165) is 17.1 Å². The van der Waals surface area contributed by atoms with Gasteiger partial charge in [-0.2, -0.15) is 0 Å². The summed E-state index contributed by atoms with van der Waals surface area (Å²) in [5.41, 5.74) is 1.56. The Hall–Kier alpha value is -3.09. The fourth-order valence-corrected chi connectivity index (χ4v) is 2.84. The highest BCUT2D eigenvalue weighted by atomic mass is 16.5. The summed E-state index contributed by atoms with van der Waals surface area (Å²) in [7, 11) is 4.73. The number of hydrogen-bond acceptors (Lipinski definition) is 5. The first-order valence-electron chi connectivity index (χ1n) is 8.22. The fourth-order valence-electron chi connectivity index (χ4n) is 2.84. The third-order valence-corrected chi connectivity index (χ3v) is 4.17. The minimum absolute atomic E-state index is 0.140. The van der Waals surface area contributed by atoms with E-state index in [-0.39, 0.29) is 12.1 Å². The van der Waals surface area contributed by atoms with Gasteiger partial charge in [0.05, 0.1) is 33.1 Å². The Labute approximate surface area is 152 Å². The van der Waals surface area contributed by atoms with E-state index in [1.165, 1.54) is 7.11 Å². The first kappa shape index (κ1) is 17.7. The van der Waals surface area contributed by atoms with Crippen LogP contribution in [0.15, 0.2) is 36.4 Å². The molecule has 3 rings (SSSR count). The zero-order chi connectivity index (χ0) is 18.5. The normalized spacial score (nSPS) is 15.3. The molecular weight excluding hydrogens is 336 g/mol. The van der Waals surface area contributed by atoms with E-state index >= 15 is 0 Å². The molecule has 1 aliphatic heterocycles. The molecule has 1 heterocycles. The summed E-state index contributed by atoms with van der Waals surface area (Å²) in [5.74, 6) is 2.76. The number of amides is 2. The van der Waals surface area contributed by atoms with Gasteiger partial charge in [-0.05, 0) is 42.3 Å². The Bertz CT molecular complexity index is 793. The molecule has 0 saturated carbocycles. The number of benzene rings is 2. The first-order chi connectivity index (χ1) is 12.6. The Balaban J connectivity index is 1.64. The van der Waals surface area contributed by atoms with E-state index in [9.17, 15) is 4.79 Å². The van der Waals surface area contributed by atoms with Crippen LogP contribution in [-0.4, -0.2) is 40.0 Å². The number of anilines is 1. The van der Waals surface area contributed by atoms with E-state index in [4.69, 9.17) is 18.9 Å². The van der Waals surface area contributed by atoms with Gasteiger partial charge in [-0.15, -0.1) is 0 Å². The summed E-state index contributed by atoms with van der Waals surface area (Å²) >= 11 is 0. The number of carbonyl (C=O) groups is 1. The second-order valence-electron chi connectivity index (χ2n) is 5.85. The molecule has 2 N–H and O–H groups in total. The number of fused-ring (bicyclic) bond motifs is 1. The van der Waals surface area contributed by atoms with Crippen LogP contribution in [0, 0.1) is 0 Å². The number of ether oxygens (including phenoxy) is 4. The van der Waals surface area contributed by atoms with Crippen LogP contribution in [0.5, 0.6) is 23.0 Å². The van der Waals surface area contributed by atoms with Crippen molar-refractivity contribution < 1.29 is 23.7 Å². The van der Waals surface area contributed by atoms with Crippen molar-refractivity contribution in [3.05, 3.63) is 42.0 Å². The number of nitrogens with one attached hydrogen (secondary N) is 2. The lowest BCUT2D eigenvalue weighted by atomic mass is 10.0. The van der Waals surface area contributed by atoms with Crippen molar-refractivity contribution in [3.8, 4) is 23.0 Å². The van der Waals surface area contributed by atoms with E-state index < -0.39 is 0 Å². The van der Waals surface area contributed by atoms with Crippen LogP contribution >= 0.6 is 0 Å². The fraction of sp³-hybridized carbons (Fsp3) is 0.316. The lowest BCUT2D eigenvalue weighted by Crippen LogP contribution is -2.44. The van der Waals surface area contributed by atoms with Crippen LogP contribution in [0.25, 0.3) is 0 Å². The van der Waals surface area contributed by atoms with Gasteiger partial charge in [0.25, 0.3) is 0 Å². The molecule has 7 nitrogen and oxygen atoms in total. The molecule has 0 aliphatic carbocycles. The molecule has 26 heavy (non-hydrogen) atoms. The van der Waals surface area contributed by atoms with Gasteiger partial charge in [-0.3, -0.25) is 0 Å². The SMILES string of the molecule is COc1ccc2c(c1)CC(NC(=O)Nc1ccc(OC)cc1OC)CO2. The quantitative estimate of drug-likeness (QED) is 0.859. The average molecular weight is 358 g/mol. The maximum atomic E-state index is 12.3. The molecule has 2 amide bonds. The molecular formula is C19H22N2O5. The van der Waals surface area contributed by atoms with Crippen LogP contribution in [0.3, 0.4) is 0 Å². The van der Waals surface area contributed by atoms with Crippen molar-refractivity contribution in [1.29, 1.82) is 0 Å². The smallest absolute Gasteiger partial charge is 0.319 e. The van der Waals surface area contributed by atoms with Gasteiger partial charge in [0, 0.05) is 6.07 Å². The van der Waals surface area contributed by atoms with Gasteiger partial charge in [0.2, 0.25) is 0 Å². The van der Waals surface area contributed by atoms with E-state index in [2.05, 4.69) is 10.6 Å². The van der Waals surface area contributed by atoms with Crippen LogP contribution in [-0.2, 0) is 6.42 Å². The number of urea groups is 1. The predicted octanol–water partition coefficient (Wildman–Crippen LogP) is 2.84. The summed E-state index contributed by atoms with van der Waals surface area (Å²) < 4.78 is 21.4. The average Bonchev–Trinajstić information content (AvgIpc) is 2.67. The van der Waals surface area contributed by atoms with Crippen molar-refractivity contribution in [2.24, 2.45) is 0 Å². The molecule has 1 unspecified atom stereocenters. The highest BCUT2D eigenvalue weighted by Crippen LogP contribution is 2.30. The second-order valence-corrected chi connectivity index (χ2v) is 5.85. The number of carbonyl (C=O) groups excluding carboxylic acids is 1. The number of rotatable bonds is 5. The molecule has 0 aromatic heterocycles. The molecule has 0 radical (unpaired) electrons. The molecule has 0 fully saturated rings. The lowest BCUT2D eigenvalue weighted by molar-refractivity contribution is 0.222. The topological polar surface area (TPSA) is 78.1 Å². The minimum atomic E-state index is -0.326. The Kier molecular flexibility index (Phi) is 5.36. The highest BCUT2D eigenvalue weighted by Gasteiger charge is 2.22. The summed E-state index contributed by atoms with van der Waals surface area (Å²) in [6.07, 6.45) is 0.666. The summed E-state index contributed by atoms with van der Waals surface area (Å²) in [5, 5.41) is 5.72. The van der Waals surface area contributed by atoms with Crippen LogP contribution in [0.1, 0.15) is 5.56 Å². The zero-order valence-electron chi connectivity index (χ0n) is 15.0. The predicted molar refractivity (Wildman–Crippen MR) is 97.7 cm³/mol. The zero-order valence-corrected chi connectivity index (χ0v) is 15.0. The van der Waals surface area contributed by atoms with E-state index in [1.54, 1.807) is 32.4 Å². The van der Waals surface area contributed by atoms with Gasteiger partial charge in [-0.25, -0.2) is 4.79 Å². The van der Waals surface area contributed by atoms with Gasteiger partial charge >= 0.3 is 6.03 Å². The monoisotopic (exact) mass is 358 g/mol. The molecule has 1 aliphatic rings. The molecule has 7 heteroatoms. The van der Waals surface area contributed by atoms with Crippen LogP contribution in [0.4, 0.5) is 10.5 Å². The van der Waals surface area contributed by atoms with Crippen molar-refractivity contribution in [1.82, 2.24) is 5.32 Å². The van der Waals surface area contributed by atoms with E-state index in [1.807, 2.05) is 18.2 Å². The number of hydrogen-bond donors (Lipinski definition) is 2. The van der Waals surface area contributed by atoms with Crippen molar-refractivity contribution in [2.45, 2.75) is 12.5 Å². The van der Waals surface area contributed by atoms with E-state index in [0.29, 0.717) is 30.2 Å². The molecule has 138 valence electrons. The highest BCUT2D eigenvalue weighted by molar-refractivity contribution is 5.91. The summed E-state index contributed by atoms with van der Waals surface area (Å²) in [6.45, 7) is 0.409. The molecule has 0 spiro atoms. The van der Waals surface area contributed by atoms with Gasteiger partial charge in [0.1, 0.15) is 29.6 Å². The Morgan fingerprint density at radius 3 is 2.50 bits per heavy atom. The van der Waals surface area contributed by atoms with Crippen LogP contribution < -0.4 is 29.6 Å². The second kappa shape index (κ2) is 7.86. The van der Waals surface area contributed by atoms with Crippen molar-refractivity contribution >= 4 is 11.7 Å². The molecule has 1 atom stereocenters. The van der Waals surface area contributed by atoms with Crippen molar-refractivity contribution in [3.63, 3.8) is 0 Å². The molecule has 2 aromatic rings. The Morgan fingerprint density at radius 1 is 1.04 bits per heavy atom. The minimum Gasteiger partial charge on any atom is -0.497 e. The molecule has 0 saturated heterocycles. The standard InChI is InChI=1S/C19H22N2O5/c1-23-14-5-7-17-12(9-14)8-13(11-26-17)20-19(22)21-16-6-4-15(24-2)10-18(16)25-3/h4-7,9-10,13H,8,11H2,1-3H3,(H2,20,21,22). The molecule has 0 bridgehead atoms. The van der Waals surface area contributed by atoms with Gasteiger partial charge < -0.3 is 29.6 Å². The van der Waals surface area contributed by atoms with Crippen molar-refractivity contribution in [2.75, 3.05) is 33.3 Å². The van der Waals surface area contributed by atoms with Gasteiger partial charge in [-0.1, -0.05) is 0 Å². The Morgan fingerprint density at radius 2 is 1.77 bits per heavy atom. The summed E-state index contributed by atoms with van der Waals surface area (Å²) in [6, 6.07) is 10.4. The molecule has 2 aromatic carbocycles. The van der Waals surface area contributed by atoms with Crippen LogP contribution in [0.2, 0.25) is 0 Å². The first-order valence-corrected chi connectivity index (χ1v) is 8.22. The summed E-state index contributed by atoms with van der Waals surface area (Å²) in [4.78, 5) is 12.3. The third kappa shape index (κ3) is 3.93. The maximum absolute atomic E-state index is 12.3. The largest absolute Gasteiger partial charge is 0.497 e. The lowest BCUT2D eigenvalue weighted by Gasteiger charge is -2.26. The number of methoxy groups -OCH3 is 3. The maximum Gasteiger partial charge on any atom is 0.319 e.